The number of benzene rings is 2. The van der Waals surface area contributed by atoms with Gasteiger partial charge in [0.25, 0.3) is 0 Å². The van der Waals surface area contributed by atoms with Crippen LogP contribution in [0.2, 0.25) is 0 Å². The third kappa shape index (κ3) is 2.80. The summed E-state index contributed by atoms with van der Waals surface area (Å²) < 4.78 is 0. The summed E-state index contributed by atoms with van der Waals surface area (Å²) in [6, 6.07) is 19.1. The lowest BCUT2D eigenvalue weighted by molar-refractivity contribution is 0.777. The molecule has 0 saturated carbocycles. The second-order valence-electron chi connectivity index (χ2n) is 4.16. The van der Waals surface area contributed by atoms with Crippen LogP contribution < -0.4 is 0 Å². The van der Waals surface area contributed by atoms with E-state index in [1.165, 1.54) is 11.1 Å². The predicted octanol–water partition coefficient (Wildman–Crippen LogP) is 4.58. The van der Waals surface area contributed by atoms with Crippen LogP contribution in [-0.4, -0.2) is 5.37 Å². The lowest BCUT2D eigenvalue weighted by Gasteiger charge is -2.16. The van der Waals surface area contributed by atoms with Gasteiger partial charge in [-0.3, -0.25) is 0 Å². The first-order valence-electron chi connectivity index (χ1n) is 5.95. The summed E-state index contributed by atoms with van der Waals surface area (Å²) in [4.78, 5) is 0. The van der Waals surface area contributed by atoms with Crippen LogP contribution in [0.4, 0.5) is 0 Å². The lowest BCUT2D eigenvalue weighted by atomic mass is 9.88. The summed E-state index contributed by atoms with van der Waals surface area (Å²) in [7, 11) is 0. The molecular formula is C16H16S. The molecule has 0 fully saturated rings. The highest BCUT2D eigenvalue weighted by Crippen LogP contribution is 2.27. The largest absolute Gasteiger partial charge is 0.0881 e. The van der Waals surface area contributed by atoms with Gasteiger partial charge in [-0.25, -0.2) is 0 Å². The van der Waals surface area contributed by atoms with Crippen molar-refractivity contribution in [1.29, 1.82) is 0 Å². The summed E-state index contributed by atoms with van der Waals surface area (Å²) in [5, 5.41) is 1.74. The van der Waals surface area contributed by atoms with Gasteiger partial charge >= 0.3 is 0 Å². The van der Waals surface area contributed by atoms with Gasteiger partial charge in [-0.2, -0.15) is 0 Å². The molecule has 0 spiro atoms. The minimum Gasteiger partial charge on any atom is -0.0881 e. The monoisotopic (exact) mass is 240 g/mol. The van der Waals surface area contributed by atoms with Crippen LogP contribution in [0.3, 0.4) is 0 Å². The first-order chi connectivity index (χ1) is 8.35. The van der Waals surface area contributed by atoms with E-state index >= 15 is 0 Å². The molecule has 1 heteroatoms. The standard InChI is InChI=1S/C16H16S/c1-2-16(14-8-4-3-5-9-14)15-10-6-7-13(11-15)12-17/h3-12,16H,2H2,1H3. The first-order valence-corrected chi connectivity index (χ1v) is 6.42. The lowest BCUT2D eigenvalue weighted by Crippen LogP contribution is -2.00. The molecule has 2 rings (SSSR count). The minimum atomic E-state index is 0.464. The van der Waals surface area contributed by atoms with E-state index in [0.717, 1.165) is 12.0 Å². The van der Waals surface area contributed by atoms with Gasteiger partial charge < -0.3 is 0 Å². The summed E-state index contributed by atoms with van der Waals surface area (Å²) in [6.45, 7) is 2.22. The summed E-state index contributed by atoms with van der Waals surface area (Å²) in [5.41, 5.74) is 3.83. The third-order valence-electron chi connectivity index (χ3n) is 3.06. The molecule has 0 aliphatic rings. The number of hydrogen-bond donors (Lipinski definition) is 0. The Morgan fingerprint density at radius 1 is 1.00 bits per heavy atom. The molecule has 0 saturated heterocycles. The highest BCUT2D eigenvalue weighted by Gasteiger charge is 2.11. The van der Waals surface area contributed by atoms with Gasteiger partial charge in [-0.1, -0.05) is 73.7 Å². The van der Waals surface area contributed by atoms with E-state index in [2.05, 4.69) is 55.5 Å². The topological polar surface area (TPSA) is 0 Å². The second kappa shape index (κ2) is 5.74. The van der Waals surface area contributed by atoms with Crippen LogP contribution in [-0.2, 0) is 0 Å². The van der Waals surface area contributed by atoms with Crippen LogP contribution in [0.15, 0.2) is 54.6 Å². The van der Waals surface area contributed by atoms with Gasteiger partial charge in [0.2, 0.25) is 0 Å². The molecule has 0 N–H and O–H groups in total. The number of hydrogen-bond acceptors (Lipinski definition) is 1. The molecule has 1 unspecified atom stereocenters. The van der Waals surface area contributed by atoms with Crippen molar-refractivity contribution in [3.63, 3.8) is 0 Å². The van der Waals surface area contributed by atoms with E-state index in [0.29, 0.717) is 5.92 Å². The Hall–Kier alpha value is -1.47. The smallest absolute Gasteiger partial charge is 0.00869 e. The zero-order chi connectivity index (χ0) is 12.1. The van der Waals surface area contributed by atoms with Crippen molar-refractivity contribution in [3.05, 3.63) is 71.3 Å². The van der Waals surface area contributed by atoms with Gasteiger partial charge in [0.1, 0.15) is 0 Å². The Bertz CT molecular complexity index is 488. The fourth-order valence-electron chi connectivity index (χ4n) is 2.20. The maximum absolute atomic E-state index is 4.99. The summed E-state index contributed by atoms with van der Waals surface area (Å²) >= 11 is 4.99. The molecule has 0 heterocycles. The third-order valence-corrected chi connectivity index (χ3v) is 3.33. The van der Waals surface area contributed by atoms with E-state index in [-0.39, 0.29) is 0 Å². The molecule has 0 aliphatic heterocycles. The van der Waals surface area contributed by atoms with Crippen molar-refractivity contribution in [3.8, 4) is 0 Å². The van der Waals surface area contributed by atoms with Gasteiger partial charge in [0.15, 0.2) is 0 Å². The fourth-order valence-corrected chi connectivity index (χ4v) is 2.34. The van der Waals surface area contributed by atoms with E-state index in [1.54, 1.807) is 5.37 Å². The number of thiocarbonyl (C=S) groups is 1. The Balaban J connectivity index is 2.38. The van der Waals surface area contributed by atoms with Crippen LogP contribution in [0, 0.1) is 0 Å². The maximum Gasteiger partial charge on any atom is 0.00869 e. The SMILES string of the molecule is CCC(c1ccccc1)c1cccc(C=S)c1. The molecule has 0 bridgehead atoms. The van der Waals surface area contributed by atoms with E-state index in [1.807, 2.05) is 6.07 Å². The Morgan fingerprint density at radius 2 is 1.71 bits per heavy atom. The predicted molar refractivity (Wildman–Crippen MR) is 77.8 cm³/mol. The maximum atomic E-state index is 4.99. The van der Waals surface area contributed by atoms with Crippen molar-refractivity contribution in [2.75, 3.05) is 0 Å². The van der Waals surface area contributed by atoms with Crippen molar-refractivity contribution >= 4 is 17.6 Å². The molecule has 17 heavy (non-hydrogen) atoms. The highest BCUT2D eigenvalue weighted by molar-refractivity contribution is 7.79. The second-order valence-corrected chi connectivity index (χ2v) is 4.40. The highest BCUT2D eigenvalue weighted by atomic mass is 32.1. The van der Waals surface area contributed by atoms with Crippen LogP contribution in [0.5, 0.6) is 0 Å². The molecule has 0 nitrogen and oxygen atoms in total. The summed E-state index contributed by atoms with van der Waals surface area (Å²) in [5.74, 6) is 0.464. The van der Waals surface area contributed by atoms with Crippen molar-refractivity contribution in [1.82, 2.24) is 0 Å². The molecule has 0 aliphatic carbocycles. The molecular weight excluding hydrogens is 224 g/mol. The van der Waals surface area contributed by atoms with Crippen LogP contribution in [0.1, 0.15) is 36.0 Å². The number of rotatable bonds is 4. The quantitative estimate of drug-likeness (QED) is 0.705. The average Bonchev–Trinajstić information content (AvgIpc) is 2.41. The Kier molecular flexibility index (Phi) is 4.05. The molecule has 0 aromatic heterocycles. The summed E-state index contributed by atoms with van der Waals surface area (Å²) in [6.07, 6.45) is 1.10. The Morgan fingerprint density at radius 3 is 2.35 bits per heavy atom. The van der Waals surface area contributed by atoms with Crippen molar-refractivity contribution in [2.45, 2.75) is 19.3 Å². The fraction of sp³-hybridized carbons (Fsp3) is 0.188. The average molecular weight is 240 g/mol. The van der Waals surface area contributed by atoms with Crippen molar-refractivity contribution in [2.24, 2.45) is 0 Å². The van der Waals surface area contributed by atoms with E-state index in [4.69, 9.17) is 12.2 Å². The molecule has 2 aromatic carbocycles. The molecule has 86 valence electrons. The minimum absolute atomic E-state index is 0.464. The molecule has 0 radical (unpaired) electrons. The first kappa shape index (κ1) is 12.0. The van der Waals surface area contributed by atoms with Gasteiger partial charge in [-0.05, 0) is 23.1 Å². The van der Waals surface area contributed by atoms with Crippen molar-refractivity contribution < 1.29 is 0 Å². The molecule has 0 amide bonds. The Labute approximate surface area is 108 Å². The zero-order valence-corrected chi connectivity index (χ0v) is 10.8. The zero-order valence-electron chi connectivity index (χ0n) is 9.97. The molecule has 2 aromatic rings. The van der Waals surface area contributed by atoms with Gasteiger partial charge in [-0.15, -0.1) is 0 Å². The van der Waals surface area contributed by atoms with Crippen LogP contribution in [0.25, 0.3) is 0 Å². The van der Waals surface area contributed by atoms with E-state index < -0.39 is 0 Å². The normalized spacial score (nSPS) is 12.1. The molecule has 1 atom stereocenters. The van der Waals surface area contributed by atoms with E-state index in [9.17, 15) is 0 Å². The van der Waals surface area contributed by atoms with Gasteiger partial charge in [0.05, 0.1) is 0 Å². The van der Waals surface area contributed by atoms with Crippen LogP contribution >= 0.6 is 12.2 Å². The van der Waals surface area contributed by atoms with Gasteiger partial charge in [0, 0.05) is 11.3 Å².